The van der Waals surface area contributed by atoms with E-state index >= 15 is 0 Å². The number of hydrogen-bond donors (Lipinski definition) is 2. The normalized spacial score (nSPS) is 18.4. The molecule has 0 aromatic heterocycles. The van der Waals surface area contributed by atoms with Crippen molar-refractivity contribution >= 4 is 11.9 Å². The molecule has 126 valence electrons. The van der Waals surface area contributed by atoms with Crippen LogP contribution in [0.1, 0.15) is 37.2 Å². The molecule has 0 radical (unpaired) electrons. The lowest BCUT2D eigenvalue weighted by Gasteiger charge is -2.17. The van der Waals surface area contributed by atoms with E-state index in [1.807, 2.05) is 0 Å². The molecule has 2 atom stereocenters. The van der Waals surface area contributed by atoms with Crippen LogP contribution >= 0.6 is 0 Å². The third-order valence-corrected chi connectivity index (χ3v) is 3.99. The van der Waals surface area contributed by atoms with Crippen LogP contribution in [-0.4, -0.2) is 43.3 Å². The van der Waals surface area contributed by atoms with Crippen LogP contribution in [0, 0.1) is 0 Å². The number of aliphatic carboxylic acids is 1. The van der Waals surface area contributed by atoms with E-state index in [0.29, 0.717) is 12.3 Å². The van der Waals surface area contributed by atoms with Gasteiger partial charge < -0.3 is 19.9 Å². The Morgan fingerprint density at radius 1 is 1.35 bits per heavy atom. The van der Waals surface area contributed by atoms with Gasteiger partial charge in [-0.1, -0.05) is 12.1 Å². The highest BCUT2D eigenvalue weighted by Crippen LogP contribution is 2.25. The maximum atomic E-state index is 12.1. The van der Waals surface area contributed by atoms with Crippen molar-refractivity contribution in [2.45, 2.75) is 37.7 Å². The molecule has 1 heterocycles. The Morgan fingerprint density at radius 2 is 2.09 bits per heavy atom. The average molecular weight is 321 g/mol. The van der Waals surface area contributed by atoms with Gasteiger partial charge in [-0.15, -0.1) is 0 Å². The molecule has 2 N–H and O–H groups in total. The number of rotatable bonds is 8. The number of carbonyl (C=O) groups is 2. The average Bonchev–Trinajstić information content (AvgIpc) is 3.05. The van der Waals surface area contributed by atoms with Crippen LogP contribution in [0.3, 0.4) is 0 Å². The van der Waals surface area contributed by atoms with Crippen LogP contribution in [0.5, 0.6) is 5.75 Å². The first-order valence-electron chi connectivity index (χ1n) is 7.82. The molecule has 2 rings (SSSR count). The van der Waals surface area contributed by atoms with Crippen molar-refractivity contribution in [3.8, 4) is 5.75 Å². The van der Waals surface area contributed by atoms with Crippen molar-refractivity contribution in [1.82, 2.24) is 5.32 Å². The molecule has 1 fully saturated rings. The standard InChI is InChI=1S/C17H23NO5/c1-22-14-6-4-12(5-7-14)13(10-17(20)21)9-16(19)18-11-15-3-2-8-23-15/h4-7,13,15H,2-3,8-11H2,1H3,(H,18,19)(H,20,21)/t13-,15-/m0/s1. The van der Waals surface area contributed by atoms with E-state index in [1.165, 1.54) is 0 Å². The Balaban J connectivity index is 1.93. The molecule has 0 bridgehead atoms. The summed E-state index contributed by atoms with van der Waals surface area (Å²) in [5, 5.41) is 11.9. The van der Waals surface area contributed by atoms with Gasteiger partial charge in [-0.25, -0.2) is 0 Å². The number of nitrogens with one attached hydrogen (secondary N) is 1. The van der Waals surface area contributed by atoms with Crippen LogP contribution < -0.4 is 10.1 Å². The van der Waals surface area contributed by atoms with Gasteiger partial charge in [0.15, 0.2) is 0 Å². The highest BCUT2D eigenvalue weighted by atomic mass is 16.5. The minimum absolute atomic E-state index is 0.0814. The first-order chi connectivity index (χ1) is 11.1. The fourth-order valence-electron chi connectivity index (χ4n) is 2.72. The summed E-state index contributed by atoms with van der Waals surface area (Å²) >= 11 is 0. The van der Waals surface area contributed by atoms with Gasteiger partial charge in [0, 0.05) is 25.5 Å². The Morgan fingerprint density at radius 3 is 2.65 bits per heavy atom. The molecule has 1 aliphatic heterocycles. The topological polar surface area (TPSA) is 84.9 Å². The minimum atomic E-state index is -0.919. The highest BCUT2D eigenvalue weighted by molar-refractivity contribution is 5.78. The van der Waals surface area contributed by atoms with E-state index in [1.54, 1.807) is 31.4 Å². The molecule has 0 spiro atoms. The lowest BCUT2D eigenvalue weighted by Crippen LogP contribution is -2.32. The monoisotopic (exact) mass is 321 g/mol. The molecule has 1 saturated heterocycles. The third kappa shape index (κ3) is 5.56. The van der Waals surface area contributed by atoms with Gasteiger partial charge in [-0.3, -0.25) is 9.59 Å². The van der Waals surface area contributed by atoms with E-state index in [2.05, 4.69) is 5.32 Å². The number of benzene rings is 1. The molecule has 1 aromatic rings. The van der Waals surface area contributed by atoms with E-state index in [0.717, 1.165) is 25.0 Å². The summed E-state index contributed by atoms with van der Waals surface area (Å²) in [7, 11) is 1.57. The van der Waals surface area contributed by atoms with Crippen LogP contribution in [0.25, 0.3) is 0 Å². The van der Waals surface area contributed by atoms with Crippen LogP contribution in [-0.2, 0) is 14.3 Å². The summed E-state index contributed by atoms with van der Waals surface area (Å²) in [6, 6.07) is 7.16. The molecular formula is C17H23NO5. The Bertz CT molecular complexity index is 522. The number of carbonyl (C=O) groups excluding carboxylic acids is 1. The smallest absolute Gasteiger partial charge is 0.303 e. The summed E-state index contributed by atoms with van der Waals surface area (Å²) in [6.07, 6.45) is 2.12. The zero-order chi connectivity index (χ0) is 16.7. The Kier molecular flexibility index (Phi) is 6.40. The number of ether oxygens (including phenoxy) is 2. The minimum Gasteiger partial charge on any atom is -0.497 e. The first-order valence-corrected chi connectivity index (χ1v) is 7.82. The Labute approximate surface area is 135 Å². The lowest BCUT2D eigenvalue weighted by atomic mass is 9.92. The maximum Gasteiger partial charge on any atom is 0.303 e. The molecule has 23 heavy (non-hydrogen) atoms. The molecular weight excluding hydrogens is 298 g/mol. The third-order valence-electron chi connectivity index (χ3n) is 3.99. The van der Waals surface area contributed by atoms with E-state index < -0.39 is 5.97 Å². The number of carboxylic acids is 1. The fraction of sp³-hybridized carbons (Fsp3) is 0.529. The van der Waals surface area contributed by atoms with Gasteiger partial charge in [0.05, 0.1) is 19.6 Å². The molecule has 6 nitrogen and oxygen atoms in total. The lowest BCUT2D eigenvalue weighted by molar-refractivity contribution is -0.137. The van der Waals surface area contributed by atoms with Crippen LogP contribution in [0.2, 0.25) is 0 Å². The molecule has 0 aliphatic carbocycles. The number of methoxy groups -OCH3 is 1. The zero-order valence-corrected chi connectivity index (χ0v) is 13.3. The number of amides is 1. The predicted molar refractivity (Wildman–Crippen MR) is 84.6 cm³/mol. The van der Waals surface area contributed by atoms with Crippen LogP contribution in [0.15, 0.2) is 24.3 Å². The van der Waals surface area contributed by atoms with Gasteiger partial charge in [0.25, 0.3) is 0 Å². The fourth-order valence-corrected chi connectivity index (χ4v) is 2.72. The molecule has 1 amide bonds. The molecule has 1 aliphatic rings. The van der Waals surface area contributed by atoms with Gasteiger partial charge in [-0.05, 0) is 30.5 Å². The summed E-state index contributed by atoms with van der Waals surface area (Å²) in [4.78, 5) is 23.2. The second-order valence-electron chi connectivity index (χ2n) is 5.71. The molecule has 6 heteroatoms. The van der Waals surface area contributed by atoms with E-state index in [9.17, 15) is 9.59 Å². The number of carboxylic acid groups (broad SMARTS) is 1. The van der Waals surface area contributed by atoms with Crippen molar-refractivity contribution in [3.05, 3.63) is 29.8 Å². The summed E-state index contributed by atoms with van der Waals surface area (Å²) in [5.74, 6) is -0.728. The van der Waals surface area contributed by atoms with E-state index in [4.69, 9.17) is 14.6 Å². The zero-order valence-electron chi connectivity index (χ0n) is 13.3. The summed E-state index contributed by atoms with van der Waals surface area (Å²) in [5.41, 5.74) is 0.820. The largest absolute Gasteiger partial charge is 0.497 e. The number of hydrogen-bond acceptors (Lipinski definition) is 4. The van der Waals surface area contributed by atoms with Gasteiger partial charge in [0.1, 0.15) is 5.75 Å². The molecule has 1 aromatic carbocycles. The van der Waals surface area contributed by atoms with Crippen LogP contribution in [0.4, 0.5) is 0 Å². The van der Waals surface area contributed by atoms with Gasteiger partial charge in [-0.2, -0.15) is 0 Å². The van der Waals surface area contributed by atoms with Crippen molar-refractivity contribution in [2.75, 3.05) is 20.3 Å². The Hall–Kier alpha value is -2.08. The van der Waals surface area contributed by atoms with Gasteiger partial charge in [0.2, 0.25) is 5.91 Å². The quantitative estimate of drug-likeness (QED) is 0.764. The predicted octanol–water partition coefficient (Wildman–Crippen LogP) is 1.94. The molecule has 0 unspecified atom stereocenters. The van der Waals surface area contributed by atoms with Crippen molar-refractivity contribution in [3.63, 3.8) is 0 Å². The summed E-state index contributed by atoms with van der Waals surface area (Å²) in [6.45, 7) is 1.23. The van der Waals surface area contributed by atoms with Crippen molar-refractivity contribution < 1.29 is 24.2 Å². The summed E-state index contributed by atoms with van der Waals surface area (Å²) < 4.78 is 10.6. The SMILES string of the molecule is COc1ccc([C@H](CC(=O)O)CC(=O)NC[C@@H]2CCCO2)cc1. The van der Waals surface area contributed by atoms with Gasteiger partial charge >= 0.3 is 5.97 Å². The second-order valence-corrected chi connectivity index (χ2v) is 5.71. The first kappa shape index (κ1) is 17.3. The second kappa shape index (κ2) is 8.53. The van der Waals surface area contributed by atoms with E-state index in [-0.39, 0.29) is 30.8 Å². The highest BCUT2D eigenvalue weighted by Gasteiger charge is 2.21. The maximum absolute atomic E-state index is 12.1. The molecule has 0 saturated carbocycles. The van der Waals surface area contributed by atoms with Crippen molar-refractivity contribution in [1.29, 1.82) is 0 Å². The van der Waals surface area contributed by atoms with Crippen molar-refractivity contribution in [2.24, 2.45) is 0 Å².